The number of carboxylic acids is 1. The highest BCUT2D eigenvalue weighted by molar-refractivity contribution is 5.88. The minimum absolute atomic E-state index is 0.198. The molecule has 0 saturated carbocycles. The van der Waals surface area contributed by atoms with E-state index in [1.54, 1.807) is 24.3 Å². The predicted molar refractivity (Wildman–Crippen MR) is 80.4 cm³/mol. The second-order valence-corrected chi connectivity index (χ2v) is 4.59. The lowest BCUT2D eigenvalue weighted by molar-refractivity contribution is 0.0697. The average molecular weight is 279 g/mol. The molecule has 0 atom stereocenters. The standard InChI is InChI=1S/C16H13N3O2/c17-15-10-14(11-5-2-1-3-6-11)18-19(15)13-8-4-7-12(9-13)16(20)21/h1-10H,17H2,(H,20,21). The number of anilines is 1. The van der Waals surface area contributed by atoms with Crippen molar-refractivity contribution in [2.45, 2.75) is 0 Å². The zero-order valence-electron chi connectivity index (χ0n) is 11.1. The lowest BCUT2D eigenvalue weighted by atomic mass is 10.2. The molecule has 2 aromatic carbocycles. The van der Waals surface area contributed by atoms with Crippen molar-refractivity contribution in [3.8, 4) is 16.9 Å². The second kappa shape index (κ2) is 5.13. The fourth-order valence-electron chi connectivity index (χ4n) is 2.12. The minimum atomic E-state index is -0.981. The number of hydrogen-bond acceptors (Lipinski definition) is 3. The number of carbonyl (C=O) groups is 1. The van der Waals surface area contributed by atoms with Gasteiger partial charge >= 0.3 is 5.97 Å². The summed E-state index contributed by atoms with van der Waals surface area (Å²) < 4.78 is 1.54. The molecule has 21 heavy (non-hydrogen) atoms. The molecular weight excluding hydrogens is 266 g/mol. The Labute approximate surface area is 121 Å². The highest BCUT2D eigenvalue weighted by Crippen LogP contribution is 2.23. The number of aromatic carboxylic acids is 1. The largest absolute Gasteiger partial charge is 0.478 e. The lowest BCUT2D eigenvalue weighted by Gasteiger charge is -2.04. The summed E-state index contributed by atoms with van der Waals surface area (Å²) in [6.45, 7) is 0. The number of aromatic nitrogens is 2. The van der Waals surface area contributed by atoms with Crippen LogP contribution in [-0.2, 0) is 0 Å². The van der Waals surface area contributed by atoms with Crippen LogP contribution in [0.15, 0.2) is 60.7 Å². The fraction of sp³-hybridized carbons (Fsp3) is 0. The van der Waals surface area contributed by atoms with Crippen LogP contribution in [0.3, 0.4) is 0 Å². The highest BCUT2D eigenvalue weighted by atomic mass is 16.4. The van der Waals surface area contributed by atoms with E-state index in [0.29, 0.717) is 11.5 Å². The van der Waals surface area contributed by atoms with Crippen molar-refractivity contribution in [2.24, 2.45) is 0 Å². The third kappa shape index (κ3) is 2.49. The molecule has 1 aromatic heterocycles. The van der Waals surface area contributed by atoms with E-state index in [9.17, 15) is 4.79 Å². The van der Waals surface area contributed by atoms with Gasteiger partial charge in [0.25, 0.3) is 0 Å². The highest BCUT2D eigenvalue weighted by Gasteiger charge is 2.10. The molecule has 3 rings (SSSR count). The van der Waals surface area contributed by atoms with Crippen molar-refractivity contribution in [2.75, 3.05) is 5.73 Å². The van der Waals surface area contributed by atoms with E-state index in [2.05, 4.69) is 5.10 Å². The first kappa shape index (κ1) is 12.9. The van der Waals surface area contributed by atoms with Crippen LogP contribution in [0.2, 0.25) is 0 Å². The number of rotatable bonds is 3. The van der Waals surface area contributed by atoms with E-state index >= 15 is 0 Å². The van der Waals surface area contributed by atoms with Crippen molar-refractivity contribution < 1.29 is 9.90 Å². The number of nitrogens with two attached hydrogens (primary N) is 1. The van der Waals surface area contributed by atoms with Crippen molar-refractivity contribution in [3.05, 3.63) is 66.2 Å². The van der Waals surface area contributed by atoms with E-state index in [1.165, 1.54) is 10.7 Å². The van der Waals surface area contributed by atoms with Gasteiger partial charge in [-0.2, -0.15) is 5.10 Å². The van der Waals surface area contributed by atoms with E-state index < -0.39 is 5.97 Å². The average Bonchev–Trinajstić information content (AvgIpc) is 2.90. The first-order valence-corrected chi connectivity index (χ1v) is 6.40. The zero-order chi connectivity index (χ0) is 14.8. The first-order chi connectivity index (χ1) is 10.1. The van der Waals surface area contributed by atoms with Gasteiger partial charge < -0.3 is 10.8 Å². The second-order valence-electron chi connectivity index (χ2n) is 4.59. The van der Waals surface area contributed by atoms with Gasteiger partial charge in [0.1, 0.15) is 5.82 Å². The van der Waals surface area contributed by atoms with Crippen LogP contribution in [0.25, 0.3) is 16.9 Å². The molecule has 0 unspecified atom stereocenters. The molecule has 3 aromatic rings. The van der Waals surface area contributed by atoms with Crippen molar-refractivity contribution in [3.63, 3.8) is 0 Å². The third-order valence-corrected chi connectivity index (χ3v) is 3.14. The van der Waals surface area contributed by atoms with Gasteiger partial charge in [-0.1, -0.05) is 36.4 Å². The lowest BCUT2D eigenvalue weighted by Crippen LogP contribution is -2.04. The zero-order valence-corrected chi connectivity index (χ0v) is 11.1. The quantitative estimate of drug-likeness (QED) is 0.772. The molecule has 0 saturated heterocycles. The van der Waals surface area contributed by atoms with Crippen LogP contribution in [0.5, 0.6) is 0 Å². The summed E-state index contributed by atoms with van der Waals surface area (Å²) in [5.41, 5.74) is 8.51. The Bertz CT molecular complexity index is 794. The molecule has 3 N–H and O–H groups in total. The Morgan fingerprint density at radius 2 is 1.81 bits per heavy atom. The van der Waals surface area contributed by atoms with E-state index in [4.69, 9.17) is 10.8 Å². The smallest absolute Gasteiger partial charge is 0.335 e. The Morgan fingerprint density at radius 3 is 2.52 bits per heavy atom. The molecule has 5 heteroatoms. The van der Waals surface area contributed by atoms with Gasteiger partial charge in [0, 0.05) is 11.6 Å². The van der Waals surface area contributed by atoms with E-state index in [0.717, 1.165) is 11.3 Å². The molecule has 1 heterocycles. The topological polar surface area (TPSA) is 81.1 Å². The van der Waals surface area contributed by atoms with Crippen LogP contribution in [0, 0.1) is 0 Å². The molecule has 104 valence electrons. The summed E-state index contributed by atoms with van der Waals surface area (Å²) in [5.74, 6) is -0.526. The number of benzene rings is 2. The molecule has 0 fully saturated rings. The maximum Gasteiger partial charge on any atom is 0.335 e. The Morgan fingerprint density at radius 1 is 1.05 bits per heavy atom. The summed E-state index contributed by atoms with van der Waals surface area (Å²) >= 11 is 0. The van der Waals surface area contributed by atoms with E-state index in [-0.39, 0.29) is 5.56 Å². The molecular formula is C16H13N3O2. The molecule has 0 aliphatic heterocycles. The van der Waals surface area contributed by atoms with Crippen molar-refractivity contribution in [1.29, 1.82) is 0 Å². The summed E-state index contributed by atoms with van der Waals surface area (Å²) in [6.07, 6.45) is 0. The first-order valence-electron chi connectivity index (χ1n) is 6.40. The molecule has 0 bridgehead atoms. The molecule has 0 aliphatic rings. The van der Waals surface area contributed by atoms with Gasteiger partial charge in [-0.15, -0.1) is 0 Å². The number of carboxylic acid groups (broad SMARTS) is 1. The normalized spacial score (nSPS) is 10.5. The monoisotopic (exact) mass is 279 g/mol. The molecule has 0 radical (unpaired) electrons. The van der Waals surface area contributed by atoms with Gasteiger partial charge in [-0.05, 0) is 18.2 Å². The number of nitrogens with zero attached hydrogens (tertiary/aromatic N) is 2. The van der Waals surface area contributed by atoms with Gasteiger partial charge in [0.2, 0.25) is 0 Å². The Hall–Kier alpha value is -3.08. The van der Waals surface area contributed by atoms with Crippen molar-refractivity contribution in [1.82, 2.24) is 9.78 Å². The van der Waals surface area contributed by atoms with Gasteiger partial charge in [0.15, 0.2) is 0 Å². The van der Waals surface area contributed by atoms with E-state index in [1.807, 2.05) is 30.3 Å². The minimum Gasteiger partial charge on any atom is -0.478 e. The summed E-state index contributed by atoms with van der Waals surface area (Å²) in [6, 6.07) is 17.9. The van der Waals surface area contributed by atoms with Gasteiger partial charge in [0.05, 0.1) is 16.9 Å². The molecule has 0 amide bonds. The van der Waals surface area contributed by atoms with Crippen LogP contribution in [-0.4, -0.2) is 20.9 Å². The van der Waals surface area contributed by atoms with Crippen LogP contribution in [0.1, 0.15) is 10.4 Å². The number of nitrogen functional groups attached to an aromatic ring is 1. The summed E-state index contributed by atoms with van der Waals surface area (Å²) in [7, 11) is 0. The van der Waals surface area contributed by atoms with Crippen LogP contribution >= 0.6 is 0 Å². The maximum absolute atomic E-state index is 11.0. The third-order valence-electron chi connectivity index (χ3n) is 3.14. The Balaban J connectivity index is 2.06. The molecule has 0 aliphatic carbocycles. The number of hydrogen-bond donors (Lipinski definition) is 2. The van der Waals surface area contributed by atoms with Gasteiger partial charge in [-0.3, -0.25) is 0 Å². The summed E-state index contributed by atoms with van der Waals surface area (Å²) in [4.78, 5) is 11.0. The van der Waals surface area contributed by atoms with Crippen molar-refractivity contribution >= 4 is 11.8 Å². The fourth-order valence-corrected chi connectivity index (χ4v) is 2.12. The maximum atomic E-state index is 11.0. The SMILES string of the molecule is Nc1cc(-c2ccccc2)nn1-c1cccc(C(=O)O)c1. The predicted octanol–water partition coefficient (Wildman–Crippen LogP) is 2.82. The van der Waals surface area contributed by atoms with Crippen LogP contribution in [0.4, 0.5) is 5.82 Å². The summed E-state index contributed by atoms with van der Waals surface area (Å²) in [5, 5.41) is 13.5. The Kier molecular flexibility index (Phi) is 3.16. The van der Waals surface area contributed by atoms with Crippen LogP contribution < -0.4 is 5.73 Å². The molecule has 0 spiro atoms. The molecule has 5 nitrogen and oxygen atoms in total. The van der Waals surface area contributed by atoms with Gasteiger partial charge in [-0.25, -0.2) is 9.48 Å².